The number of halogens is 3. The molecule has 33 heavy (non-hydrogen) atoms. The number of nitro benzene ring substituents is 1. The van der Waals surface area contributed by atoms with Gasteiger partial charge in [-0.1, -0.05) is 0 Å². The summed E-state index contributed by atoms with van der Waals surface area (Å²) in [5.41, 5.74) is 4.69. The molecule has 0 aliphatic carbocycles. The van der Waals surface area contributed by atoms with Crippen LogP contribution in [0.15, 0.2) is 48.9 Å². The highest BCUT2D eigenvalue weighted by molar-refractivity contribution is 5.80. The lowest BCUT2D eigenvalue weighted by molar-refractivity contribution is -0.384. The Morgan fingerprint density at radius 2 is 1.79 bits per heavy atom. The Hall–Kier alpha value is -4.68. The Bertz CT molecular complexity index is 1350. The third-order valence-corrected chi connectivity index (χ3v) is 4.55. The van der Waals surface area contributed by atoms with E-state index < -0.39 is 28.1 Å². The summed E-state index contributed by atoms with van der Waals surface area (Å²) in [4.78, 5) is 18.8. The van der Waals surface area contributed by atoms with Gasteiger partial charge < -0.3 is 16.4 Å². The number of aromatic nitrogens is 4. The molecule has 168 valence electrons. The van der Waals surface area contributed by atoms with Gasteiger partial charge in [0.05, 0.1) is 22.5 Å². The average molecular weight is 456 g/mol. The lowest BCUT2D eigenvalue weighted by Crippen LogP contribution is -2.05. The lowest BCUT2D eigenvalue weighted by atomic mass is 10.1. The maximum Gasteiger partial charge on any atom is 0.271 e. The molecule has 0 fully saturated rings. The van der Waals surface area contributed by atoms with Gasteiger partial charge in [0.2, 0.25) is 5.95 Å². The van der Waals surface area contributed by atoms with Gasteiger partial charge in [-0.3, -0.25) is 14.8 Å². The molecule has 0 aliphatic heterocycles. The highest BCUT2D eigenvalue weighted by atomic mass is 19.1. The monoisotopic (exact) mass is 456 g/mol. The van der Waals surface area contributed by atoms with Crippen molar-refractivity contribution >= 4 is 34.5 Å². The van der Waals surface area contributed by atoms with Crippen molar-refractivity contribution in [2.24, 2.45) is 7.05 Å². The number of nitrogens with one attached hydrogen (secondary N) is 2. The number of rotatable bonds is 6. The number of nitrogen functional groups attached to an aromatic ring is 1. The smallest absolute Gasteiger partial charge is 0.271 e. The van der Waals surface area contributed by atoms with E-state index in [9.17, 15) is 23.3 Å². The second-order valence-electron chi connectivity index (χ2n) is 6.88. The highest BCUT2D eigenvalue weighted by Crippen LogP contribution is 2.33. The SMILES string of the molecule is Cn1cc(Nc2ncc(-c3cc(F)c(N)c(F)c3)c(Nc3cc([N+](=O)[O-])ccc3F)n2)cn1. The fraction of sp³-hybridized carbons (Fsp3) is 0.0500. The van der Waals surface area contributed by atoms with Crippen LogP contribution in [0.3, 0.4) is 0 Å². The summed E-state index contributed by atoms with van der Waals surface area (Å²) in [6.45, 7) is 0. The van der Waals surface area contributed by atoms with Crippen molar-refractivity contribution in [3.63, 3.8) is 0 Å². The zero-order chi connectivity index (χ0) is 23.7. The minimum Gasteiger partial charge on any atom is -0.394 e. The predicted molar refractivity (Wildman–Crippen MR) is 115 cm³/mol. The number of nitrogens with zero attached hydrogens (tertiary/aromatic N) is 5. The molecule has 0 radical (unpaired) electrons. The Balaban J connectivity index is 1.81. The number of hydrogen-bond donors (Lipinski definition) is 3. The molecule has 0 saturated carbocycles. The molecule has 4 N–H and O–H groups in total. The maximum atomic E-state index is 14.4. The zero-order valence-electron chi connectivity index (χ0n) is 16.9. The summed E-state index contributed by atoms with van der Waals surface area (Å²) in [5.74, 6) is -2.83. The van der Waals surface area contributed by atoms with Gasteiger partial charge in [0.1, 0.15) is 29.0 Å². The topological polar surface area (TPSA) is 137 Å². The normalized spacial score (nSPS) is 10.8. The van der Waals surface area contributed by atoms with E-state index in [1.165, 1.54) is 17.1 Å². The van der Waals surface area contributed by atoms with Gasteiger partial charge in [-0.2, -0.15) is 10.1 Å². The van der Waals surface area contributed by atoms with Gasteiger partial charge >= 0.3 is 0 Å². The number of nitro groups is 1. The summed E-state index contributed by atoms with van der Waals surface area (Å²) in [7, 11) is 1.71. The molecule has 13 heteroatoms. The molecule has 4 aromatic rings. The van der Waals surface area contributed by atoms with Crippen molar-refractivity contribution in [3.8, 4) is 11.1 Å². The van der Waals surface area contributed by atoms with Crippen LogP contribution in [0.1, 0.15) is 0 Å². The predicted octanol–water partition coefficient (Wildman–Crippen LogP) is 4.27. The molecule has 0 saturated heterocycles. The van der Waals surface area contributed by atoms with E-state index in [4.69, 9.17) is 5.73 Å². The fourth-order valence-electron chi connectivity index (χ4n) is 2.95. The minimum atomic E-state index is -1.00. The zero-order valence-corrected chi connectivity index (χ0v) is 16.9. The molecular formula is C20H15F3N8O2. The molecule has 0 bridgehead atoms. The average Bonchev–Trinajstić information content (AvgIpc) is 3.17. The Labute approximate surface area is 184 Å². The first kappa shape index (κ1) is 21.5. The second kappa shape index (κ2) is 8.45. The van der Waals surface area contributed by atoms with E-state index >= 15 is 0 Å². The van der Waals surface area contributed by atoms with E-state index in [-0.39, 0.29) is 34.3 Å². The van der Waals surface area contributed by atoms with Crippen molar-refractivity contribution in [1.82, 2.24) is 19.7 Å². The Kier molecular flexibility index (Phi) is 5.52. The van der Waals surface area contributed by atoms with Crippen LogP contribution in [0.4, 0.5) is 47.7 Å². The molecule has 2 aromatic carbocycles. The molecule has 0 aliphatic rings. The van der Waals surface area contributed by atoms with E-state index in [0.717, 1.165) is 30.3 Å². The lowest BCUT2D eigenvalue weighted by Gasteiger charge is -2.14. The number of aryl methyl sites for hydroxylation is 1. The van der Waals surface area contributed by atoms with Crippen LogP contribution >= 0.6 is 0 Å². The minimum absolute atomic E-state index is 0.0143. The van der Waals surface area contributed by atoms with Crippen molar-refractivity contribution in [2.45, 2.75) is 0 Å². The van der Waals surface area contributed by atoms with Crippen molar-refractivity contribution in [1.29, 1.82) is 0 Å². The van der Waals surface area contributed by atoms with Crippen LogP contribution in [-0.4, -0.2) is 24.7 Å². The first-order valence-electron chi connectivity index (χ1n) is 9.30. The largest absolute Gasteiger partial charge is 0.394 e. The Morgan fingerprint density at radius 3 is 2.42 bits per heavy atom. The molecule has 2 heterocycles. The van der Waals surface area contributed by atoms with Gasteiger partial charge in [0.25, 0.3) is 5.69 Å². The van der Waals surface area contributed by atoms with Crippen molar-refractivity contribution < 1.29 is 18.1 Å². The van der Waals surface area contributed by atoms with Crippen molar-refractivity contribution in [3.05, 3.63) is 76.5 Å². The number of benzene rings is 2. The second-order valence-corrected chi connectivity index (χ2v) is 6.88. The quantitative estimate of drug-likeness (QED) is 0.222. The van der Waals surface area contributed by atoms with Gasteiger partial charge in [0.15, 0.2) is 0 Å². The third-order valence-electron chi connectivity index (χ3n) is 4.55. The number of anilines is 5. The van der Waals surface area contributed by atoms with Crippen LogP contribution in [-0.2, 0) is 7.05 Å². The van der Waals surface area contributed by atoms with Gasteiger partial charge in [0, 0.05) is 37.1 Å². The fourth-order valence-corrected chi connectivity index (χ4v) is 2.95. The molecule has 4 rings (SSSR count). The van der Waals surface area contributed by atoms with Crippen LogP contribution in [0.2, 0.25) is 0 Å². The first-order chi connectivity index (χ1) is 15.7. The molecule has 0 atom stereocenters. The Morgan fingerprint density at radius 1 is 1.06 bits per heavy atom. The summed E-state index contributed by atoms with van der Waals surface area (Å²) in [6, 6.07) is 4.83. The van der Waals surface area contributed by atoms with Crippen LogP contribution < -0.4 is 16.4 Å². The van der Waals surface area contributed by atoms with E-state index in [2.05, 4.69) is 25.7 Å². The van der Waals surface area contributed by atoms with Crippen LogP contribution in [0, 0.1) is 27.6 Å². The number of hydrogen-bond acceptors (Lipinski definition) is 8. The van der Waals surface area contributed by atoms with E-state index in [0.29, 0.717) is 5.69 Å². The summed E-state index contributed by atoms with van der Waals surface area (Å²) in [6.07, 6.45) is 4.42. The summed E-state index contributed by atoms with van der Waals surface area (Å²) in [5, 5.41) is 20.6. The standard InChI is InChI=1S/C20H15F3N8O2/c1-30-9-11(7-26-30)27-20-25-8-13(10-4-15(22)18(24)16(23)5-10)19(29-20)28-17-6-12(31(32)33)2-3-14(17)21/h2-9H,24H2,1H3,(H2,25,27,28,29). The highest BCUT2D eigenvalue weighted by Gasteiger charge is 2.18. The molecule has 0 spiro atoms. The number of nitrogens with two attached hydrogens (primary N) is 1. The van der Waals surface area contributed by atoms with E-state index in [1.807, 2.05) is 0 Å². The molecule has 10 nitrogen and oxygen atoms in total. The molecular weight excluding hydrogens is 441 g/mol. The molecule has 2 aromatic heterocycles. The van der Waals surface area contributed by atoms with Crippen LogP contribution in [0.25, 0.3) is 11.1 Å². The van der Waals surface area contributed by atoms with Gasteiger partial charge in [-0.25, -0.2) is 18.2 Å². The van der Waals surface area contributed by atoms with Gasteiger partial charge in [-0.15, -0.1) is 0 Å². The summed E-state index contributed by atoms with van der Waals surface area (Å²) < 4.78 is 44.1. The number of non-ortho nitro benzene ring substituents is 1. The molecule has 0 amide bonds. The van der Waals surface area contributed by atoms with Crippen molar-refractivity contribution in [2.75, 3.05) is 16.4 Å². The molecule has 0 unspecified atom stereocenters. The van der Waals surface area contributed by atoms with Gasteiger partial charge in [-0.05, 0) is 23.8 Å². The summed E-state index contributed by atoms with van der Waals surface area (Å²) >= 11 is 0. The third kappa shape index (κ3) is 4.51. The maximum absolute atomic E-state index is 14.4. The van der Waals surface area contributed by atoms with E-state index in [1.54, 1.807) is 13.2 Å². The van der Waals surface area contributed by atoms with Crippen LogP contribution in [0.5, 0.6) is 0 Å². The first-order valence-corrected chi connectivity index (χ1v) is 9.30.